The summed E-state index contributed by atoms with van der Waals surface area (Å²) in [6.07, 6.45) is 0. The summed E-state index contributed by atoms with van der Waals surface area (Å²) >= 11 is 16.2. The summed E-state index contributed by atoms with van der Waals surface area (Å²) in [5.41, 5.74) is 0. The molecule has 0 aromatic heterocycles. The topological polar surface area (TPSA) is 0 Å². The van der Waals surface area contributed by atoms with Crippen LogP contribution in [0.5, 0.6) is 0 Å². The fourth-order valence-corrected chi connectivity index (χ4v) is 3.49. The molecule has 5 heteroatoms. The normalized spacial score (nSPS) is 9.64. The Kier molecular flexibility index (Phi) is 51.1. The summed E-state index contributed by atoms with van der Waals surface area (Å²) in [4.78, 5) is 0. The highest BCUT2D eigenvalue weighted by Gasteiger charge is 2.04. The third-order valence-corrected chi connectivity index (χ3v) is 4.58. The Bertz CT molecular complexity index is 70.2. The molecule has 0 N–H and O–H groups in total. The van der Waals surface area contributed by atoms with Gasteiger partial charge in [0.2, 0.25) is 0 Å². The number of hydrogen-bond acceptors (Lipinski definition) is 5. The van der Waals surface area contributed by atoms with Crippen molar-refractivity contribution < 1.29 is 0 Å². The molecule has 0 fully saturated rings. The molecule has 0 saturated heterocycles. The average molecular weight is 297 g/mol. The first-order valence-corrected chi connectivity index (χ1v) is 6.97. The van der Waals surface area contributed by atoms with E-state index in [2.05, 4.69) is 37.9 Å². The van der Waals surface area contributed by atoms with Gasteiger partial charge in [-0.2, -0.15) is 49.6 Å². The smallest absolute Gasteiger partial charge is 0.0365 e. The highest BCUT2D eigenvalue weighted by atomic mass is 32.2. The molecule has 0 saturated carbocycles. The molecule has 94 valence electrons. The van der Waals surface area contributed by atoms with Crippen molar-refractivity contribution in [3.63, 3.8) is 0 Å². The van der Waals surface area contributed by atoms with Crippen LogP contribution < -0.4 is 0 Å². The van der Waals surface area contributed by atoms with Crippen LogP contribution in [-0.2, 0) is 0 Å². The van der Waals surface area contributed by atoms with Crippen molar-refractivity contribution in [3.05, 3.63) is 0 Å². The minimum absolute atomic E-state index is 0. The molecule has 0 heterocycles. The van der Waals surface area contributed by atoms with E-state index in [1.165, 1.54) is 0 Å². The van der Waals surface area contributed by atoms with Crippen molar-refractivity contribution in [1.82, 2.24) is 0 Å². The first-order valence-electron chi connectivity index (χ1n) is 2.87. The van der Waals surface area contributed by atoms with Gasteiger partial charge >= 0.3 is 0 Å². The summed E-state index contributed by atoms with van der Waals surface area (Å²) in [7, 11) is 0. The first-order chi connectivity index (χ1) is 4.85. The second-order valence-electron chi connectivity index (χ2n) is 1.60. The van der Waals surface area contributed by atoms with Crippen LogP contribution in [0, 0.1) is 0 Å². The fraction of sp³-hybridized carbons (Fsp3) is 1.00. The second-order valence-corrected chi connectivity index (χ2v) is 5.77. The summed E-state index contributed by atoms with van der Waals surface area (Å²) in [6, 6.07) is 0. The summed E-state index contributed by atoms with van der Waals surface area (Å²) < 4.78 is 0. The van der Waals surface area contributed by atoms with E-state index in [0.29, 0.717) is 5.25 Å². The molecule has 1 unspecified atom stereocenters. The van der Waals surface area contributed by atoms with Crippen LogP contribution in [0.2, 0.25) is 0 Å². The van der Waals surface area contributed by atoms with E-state index in [-0.39, 0.29) is 29.7 Å². The van der Waals surface area contributed by atoms with Crippen molar-refractivity contribution in [2.24, 2.45) is 0 Å². The summed E-state index contributed by atoms with van der Waals surface area (Å²) in [5, 5.41) is 2.42. The van der Waals surface area contributed by atoms with Gasteiger partial charge in [-0.3, -0.25) is 0 Å². The lowest BCUT2D eigenvalue weighted by Gasteiger charge is -2.10. The van der Waals surface area contributed by atoms with Gasteiger partial charge in [0.05, 0.1) is 0 Å². The lowest BCUT2D eigenvalue weighted by atomic mass is 10.5. The fourth-order valence-electron chi connectivity index (χ4n) is 0.443. The lowest BCUT2D eigenvalue weighted by Crippen LogP contribution is -2.07. The molecule has 0 aromatic carbocycles. The zero-order valence-corrected chi connectivity index (χ0v) is 9.88. The Morgan fingerprint density at radius 1 is 0.857 bits per heavy atom. The maximum absolute atomic E-state index is 4.23. The number of rotatable bonds is 6. The Labute approximate surface area is 117 Å². The van der Waals surface area contributed by atoms with Crippen molar-refractivity contribution in [1.29, 1.82) is 0 Å². The maximum atomic E-state index is 4.23. The first kappa shape index (κ1) is 29.7. The van der Waals surface area contributed by atoms with Gasteiger partial charge in [0, 0.05) is 26.9 Å². The van der Waals surface area contributed by atoms with E-state index in [1.807, 2.05) is 23.5 Å². The van der Waals surface area contributed by atoms with Crippen LogP contribution in [0.3, 0.4) is 0 Å². The zero-order chi connectivity index (χ0) is 7.82. The highest BCUT2D eigenvalue weighted by Crippen LogP contribution is 2.18. The highest BCUT2D eigenvalue weighted by molar-refractivity contribution is 8.12. The summed E-state index contributed by atoms with van der Waals surface area (Å²) in [6.45, 7) is 0. The van der Waals surface area contributed by atoms with Crippen LogP contribution in [0.15, 0.2) is 0 Å². The van der Waals surface area contributed by atoms with Gasteiger partial charge < -0.3 is 0 Å². The van der Waals surface area contributed by atoms with Crippen LogP contribution in [0.1, 0.15) is 29.7 Å². The molecule has 14 heavy (non-hydrogen) atoms. The minimum Gasteiger partial charge on any atom is -0.178 e. The van der Waals surface area contributed by atoms with Crippen molar-refractivity contribution in [2.75, 3.05) is 21.7 Å². The monoisotopic (exact) mass is 296 g/mol. The molecule has 0 aromatic rings. The van der Waals surface area contributed by atoms with Gasteiger partial charge in [-0.25, -0.2) is 0 Å². The molecule has 0 bridgehead atoms. The number of thioether (sulfide) groups is 2. The number of hydrogen-bond donors (Lipinski definition) is 3. The Morgan fingerprint density at radius 2 is 1.36 bits per heavy atom. The zero-order valence-electron chi connectivity index (χ0n) is 5.56. The van der Waals surface area contributed by atoms with E-state index in [0.717, 1.165) is 21.7 Å². The van der Waals surface area contributed by atoms with Crippen molar-refractivity contribution in [3.8, 4) is 0 Å². The molecule has 0 aliphatic heterocycles. The third kappa shape index (κ3) is 19.3. The molecular weight excluding hydrogens is 268 g/mol. The molecule has 0 rings (SSSR count). The van der Waals surface area contributed by atoms with Crippen LogP contribution in [0.4, 0.5) is 0 Å². The molecule has 0 aliphatic rings. The van der Waals surface area contributed by atoms with Gasteiger partial charge in [0.15, 0.2) is 0 Å². The summed E-state index contributed by atoms with van der Waals surface area (Å²) in [5.74, 6) is 2.07. The van der Waals surface area contributed by atoms with Gasteiger partial charge in [-0.15, -0.1) is 11.8 Å². The predicted octanol–water partition coefficient (Wildman–Crippen LogP) is 5.07. The SMILES string of the molecule is C.C.C.C.SCSCC(CS)SCS. The Hall–Kier alpha value is 1.75. The van der Waals surface area contributed by atoms with Crippen LogP contribution >= 0.6 is 61.4 Å². The average Bonchev–Trinajstić information content (AvgIpc) is 1.98. The van der Waals surface area contributed by atoms with Gasteiger partial charge in [0.1, 0.15) is 0 Å². The van der Waals surface area contributed by atoms with Crippen LogP contribution in [0.25, 0.3) is 0 Å². The van der Waals surface area contributed by atoms with E-state index in [1.54, 1.807) is 0 Å². The largest absolute Gasteiger partial charge is 0.178 e. The molecule has 0 spiro atoms. The third-order valence-electron chi connectivity index (χ3n) is 0.909. The van der Waals surface area contributed by atoms with Crippen molar-refractivity contribution in [2.45, 2.75) is 35.0 Å². The second kappa shape index (κ2) is 24.1. The van der Waals surface area contributed by atoms with Crippen molar-refractivity contribution >= 4 is 61.4 Å². The van der Waals surface area contributed by atoms with Crippen LogP contribution in [-0.4, -0.2) is 26.9 Å². The molecule has 0 aliphatic carbocycles. The van der Waals surface area contributed by atoms with Gasteiger partial charge in [0.25, 0.3) is 0 Å². The maximum Gasteiger partial charge on any atom is 0.0365 e. The van der Waals surface area contributed by atoms with Gasteiger partial charge in [-0.1, -0.05) is 29.7 Å². The quantitative estimate of drug-likeness (QED) is 0.462. The Morgan fingerprint density at radius 3 is 1.64 bits per heavy atom. The number of thiol groups is 3. The standard InChI is InChI=1S/C5H12S5.4CH4/c6-1-5(10-4-8)2-9-3-7;;;;/h5-8H,1-4H2;4*1H4. The molecular formula is C9H28S5. The minimum atomic E-state index is 0. The van der Waals surface area contributed by atoms with E-state index in [4.69, 9.17) is 0 Å². The predicted molar refractivity (Wildman–Crippen MR) is 92.3 cm³/mol. The van der Waals surface area contributed by atoms with E-state index < -0.39 is 0 Å². The van der Waals surface area contributed by atoms with E-state index >= 15 is 0 Å². The molecule has 1 atom stereocenters. The molecule has 0 nitrogen and oxygen atoms in total. The lowest BCUT2D eigenvalue weighted by molar-refractivity contribution is 1.16. The molecule has 0 radical (unpaired) electrons. The Balaban J connectivity index is -0.0000000675. The van der Waals surface area contributed by atoms with Gasteiger partial charge in [-0.05, 0) is 0 Å². The molecule has 0 amide bonds. The van der Waals surface area contributed by atoms with E-state index in [9.17, 15) is 0 Å².